The van der Waals surface area contributed by atoms with E-state index in [-0.39, 0.29) is 32.7 Å². The van der Waals surface area contributed by atoms with E-state index in [1.54, 1.807) is 0 Å². The molecule has 1 N–H and O–H groups in total. The molecule has 0 spiro atoms. The van der Waals surface area contributed by atoms with E-state index in [0.717, 1.165) is 26.2 Å². The van der Waals surface area contributed by atoms with Gasteiger partial charge in [-0.05, 0) is 13.0 Å². The molecule has 1 radical (unpaired) electrons. The van der Waals surface area contributed by atoms with Crippen LogP contribution in [0.25, 0.3) is 0 Å². The Morgan fingerprint density at radius 3 is 3.11 bits per heavy atom. The maximum atomic E-state index is 5.18. The second-order valence-electron chi connectivity index (χ2n) is 2.08. The van der Waals surface area contributed by atoms with Crippen molar-refractivity contribution in [1.29, 1.82) is 0 Å². The van der Waals surface area contributed by atoms with Crippen LogP contribution in [0.5, 0.6) is 0 Å². The number of ether oxygens (including phenoxy) is 1. The Morgan fingerprint density at radius 1 is 1.56 bits per heavy atom. The maximum Gasteiger partial charge on any atom is 0.0477 e. The third-order valence-corrected chi connectivity index (χ3v) is 1.22. The molecule has 1 unspecified atom stereocenters. The summed E-state index contributed by atoms with van der Waals surface area (Å²) in [6, 6.07) is 0.303. The molecule has 0 bridgehead atoms. The van der Waals surface area contributed by atoms with Gasteiger partial charge in [-0.3, -0.25) is 0 Å². The van der Waals surface area contributed by atoms with Gasteiger partial charge < -0.3 is 17.0 Å². The van der Waals surface area contributed by atoms with Gasteiger partial charge in [0.25, 0.3) is 0 Å². The Morgan fingerprint density at radius 2 is 2.33 bits per heavy atom. The molecule has 1 fully saturated rings. The Hall–Kier alpha value is 1.02. The second kappa shape index (κ2) is 5.78. The van der Waals surface area contributed by atoms with Gasteiger partial charge in [0, 0.05) is 45.9 Å². The summed E-state index contributed by atoms with van der Waals surface area (Å²) in [5, 5.41) is 3.21. The molecule has 1 heterocycles. The largest absolute Gasteiger partial charge is 0.383 e. The van der Waals surface area contributed by atoms with Crippen LogP contribution in [-0.2, 0) is 37.4 Å². The van der Waals surface area contributed by atoms with Gasteiger partial charge in [0.05, 0.1) is 0 Å². The zero-order chi connectivity index (χ0) is 5.82. The van der Waals surface area contributed by atoms with Gasteiger partial charge in [-0.15, -0.1) is 0 Å². The van der Waals surface area contributed by atoms with Gasteiger partial charge >= 0.3 is 0 Å². The minimum Gasteiger partial charge on any atom is -0.383 e. The molecule has 1 rings (SSSR count). The molecule has 1 saturated heterocycles. The van der Waals surface area contributed by atoms with Gasteiger partial charge in [-0.2, -0.15) is 0 Å². The SMILES string of the molecule is [CH2-]C1COCCCN1.[Y]. The van der Waals surface area contributed by atoms with Gasteiger partial charge in [-0.25, -0.2) is 0 Å². The van der Waals surface area contributed by atoms with E-state index in [1.807, 2.05) is 0 Å². The summed E-state index contributed by atoms with van der Waals surface area (Å²) in [5.74, 6) is 0. The van der Waals surface area contributed by atoms with Crippen molar-refractivity contribution in [3.05, 3.63) is 6.92 Å². The van der Waals surface area contributed by atoms with Crippen molar-refractivity contribution in [3.8, 4) is 0 Å². The molecule has 1 atom stereocenters. The summed E-state index contributed by atoms with van der Waals surface area (Å²) in [6.07, 6.45) is 1.12. The first-order valence-electron chi connectivity index (χ1n) is 3.04. The molecule has 0 saturated carbocycles. The van der Waals surface area contributed by atoms with Crippen molar-refractivity contribution in [1.82, 2.24) is 5.32 Å². The van der Waals surface area contributed by atoms with Crippen LogP contribution in [0, 0.1) is 6.92 Å². The summed E-state index contributed by atoms with van der Waals surface area (Å²) < 4.78 is 5.18. The van der Waals surface area contributed by atoms with Crippen LogP contribution in [0.1, 0.15) is 6.42 Å². The summed E-state index contributed by atoms with van der Waals surface area (Å²) in [5.41, 5.74) is 0. The molecule has 0 aromatic rings. The molecular weight excluding hydrogens is 191 g/mol. The van der Waals surface area contributed by atoms with Crippen molar-refractivity contribution < 1.29 is 37.4 Å². The first-order valence-corrected chi connectivity index (χ1v) is 3.04. The van der Waals surface area contributed by atoms with Crippen LogP contribution < -0.4 is 5.32 Å². The average molecular weight is 203 g/mol. The summed E-state index contributed by atoms with van der Waals surface area (Å²) in [7, 11) is 0. The fourth-order valence-electron chi connectivity index (χ4n) is 0.765. The molecule has 1 aliphatic rings. The zero-order valence-corrected chi connectivity index (χ0v) is 8.44. The van der Waals surface area contributed by atoms with E-state index in [9.17, 15) is 0 Å². The Kier molecular flexibility index (Phi) is 6.44. The third kappa shape index (κ3) is 4.43. The molecule has 3 heteroatoms. The molecule has 2 nitrogen and oxygen atoms in total. The molecule has 51 valence electrons. The molecule has 0 aliphatic carbocycles. The van der Waals surface area contributed by atoms with Crippen LogP contribution in [-0.4, -0.2) is 25.8 Å². The second-order valence-corrected chi connectivity index (χ2v) is 2.08. The van der Waals surface area contributed by atoms with Crippen molar-refractivity contribution in [3.63, 3.8) is 0 Å². The number of nitrogens with one attached hydrogen (secondary N) is 1. The smallest absolute Gasteiger partial charge is 0.0477 e. The van der Waals surface area contributed by atoms with Gasteiger partial charge in [0.2, 0.25) is 0 Å². The van der Waals surface area contributed by atoms with Crippen LogP contribution >= 0.6 is 0 Å². The third-order valence-electron chi connectivity index (χ3n) is 1.22. The first kappa shape index (κ1) is 10.0. The van der Waals surface area contributed by atoms with Crippen LogP contribution in [0.2, 0.25) is 0 Å². The van der Waals surface area contributed by atoms with E-state index in [2.05, 4.69) is 12.2 Å². The minimum absolute atomic E-state index is 0. The standard InChI is InChI=1S/C6H12NO.Y/c1-6-5-8-4-2-3-7-6;/h6-7H,1-5H2;/q-1;. The molecule has 9 heavy (non-hydrogen) atoms. The first-order chi connectivity index (χ1) is 3.89. The Labute approximate surface area is 81.6 Å². The van der Waals surface area contributed by atoms with Gasteiger partial charge in [0.1, 0.15) is 0 Å². The molecule has 0 aromatic carbocycles. The zero-order valence-electron chi connectivity index (χ0n) is 5.60. The average Bonchev–Trinajstić information content (AvgIpc) is 1.94. The minimum atomic E-state index is 0. The maximum absolute atomic E-state index is 5.18. The number of hydrogen-bond donors (Lipinski definition) is 1. The van der Waals surface area contributed by atoms with E-state index in [0.29, 0.717) is 6.04 Å². The number of rotatable bonds is 0. The monoisotopic (exact) mass is 203 g/mol. The molecular formula is C6H12NOY-. The van der Waals surface area contributed by atoms with Crippen molar-refractivity contribution in [2.24, 2.45) is 0 Å². The van der Waals surface area contributed by atoms with Crippen molar-refractivity contribution >= 4 is 0 Å². The topological polar surface area (TPSA) is 21.3 Å². The van der Waals surface area contributed by atoms with Gasteiger partial charge in [-0.1, -0.05) is 6.04 Å². The predicted molar refractivity (Wildman–Crippen MR) is 32.6 cm³/mol. The van der Waals surface area contributed by atoms with Crippen LogP contribution in [0.3, 0.4) is 0 Å². The summed E-state index contributed by atoms with van der Waals surface area (Å²) in [4.78, 5) is 0. The predicted octanol–water partition coefficient (Wildman–Crippen LogP) is 0.196. The molecule has 0 aromatic heterocycles. The van der Waals surface area contributed by atoms with E-state index in [1.165, 1.54) is 0 Å². The van der Waals surface area contributed by atoms with Crippen molar-refractivity contribution in [2.75, 3.05) is 19.8 Å². The molecule has 0 amide bonds. The Balaban J connectivity index is 0.000000640. The fourth-order valence-corrected chi connectivity index (χ4v) is 0.765. The molecule has 1 aliphatic heterocycles. The van der Waals surface area contributed by atoms with Gasteiger partial charge in [0.15, 0.2) is 0 Å². The quantitative estimate of drug-likeness (QED) is 0.567. The fraction of sp³-hybridized carbons (Fsp3) is 0.833. The number of hydrogen-bond acceptors (Lipinski definition) is 2. The summed E-state index contributed by atoms with van der Waals surface area (Å²) in [6.45, 7) is 6.52. The van der Waals surface area contributed by atoms with E-state index in [4.69, 9.17) is 4.74 Å². The summed E-state index contributed by atoms with van der Waals surface area (Å²) >= 11 is 0. The van der Waals surface area contributed by atoms with Crippen molar-refractivity contribution in [2.45, 2.75) is 12.5 Å². The van der Waals surface area contributed by atoms with Crippen LogP contribution in [0.4, 0.5) is 0 Å². The normalized spacial score (nSPS) is 28.3. The van der Waals surface area contributed by atoms with E-state index < -0.39 is 0 Å². The van der Waals surface area contributed by atoms with Crippen LogP contribution in [0.15, 0.2) is 0 Å². The Bertz CT molecular complexity index is 62.1. The van der Waals surface area contributed by atoms with E-state index >= 15 is 0 Å².